The number of aromatic carboxylic acids is 1. The molecule has 6 aromatic heterocycles. The number of carboxylic acid groups (broad SMARTS) is 1. The highest BCUT2D eigenvalue weighted by Crippen LogP contribution is 2.36. The number of halogens is 2. The number of benzene rings is 9. The second kappa shape index (κ2) is 48.5. The van der Waals surface area contributed by atoms with Crippen LogP contribution in [0, 0.1) is 59.0 Å². The molecule has 0 saturated carbocycles. The van der Waals surface area contributed by atoms with E-state index >= 15 is 0 Å². The number of carboxylic acids is 1. The van der Waals surface area contributed by atoms with Gasteiger partial charge in [-0.15, -0.1) is 0 Å². The highest BCUT2D eigenvalue weighted by Gasteiger charge is 2.27. The smallest absolute Gasteiger partial charge is 0.340 e. The lowest BCUT2D eigenvalue weighted by molar-refractivity contribution is -0.145. The summed E-state index contributed by atoms with van der Waals surface area (Å²) in [6.07, 6.45) is -0.103. The number of nitrogens with zero attached hydrogens (tertiary/aromatic N) is 3. The van der Waals surface area contributed by atoms with Crippen molar-refractivity contribution in [2.24, 2.45) is 5.73 Å². The number of anilines is 1. The predicted octanol–water partition coefficient (Wildman–Crippen LogP) is 22.4. The van der Waals surface area contributed by atoms with Crippen LogP contribution in [0.25, 0.3) is 43.6 Å². The van der Waals surface area contributed by atoms with Gasteiger partial charge in [-0.2, -0.15) is 0 Å². The van der Waals surface area contributed by atoms with Crippen LogP contribution in [-0.2, 0) is 36.9 Å². The van der Waals surface area contributed by atoms with Gasteiger partial charge in [0.05, 0.1) is 60.2 Å². The fraction of sp³-hybridized carbons (Fsp3) is 0.250. The van der Waals surface area contributed by atoms with Gasteiger partial charge < -0.3 is 64.8 Å². The number of pyridine rings is 2. The van der Waals surface area contributed by atoms with E-state index in [2.05, 4.69) is 160 Å². The molecule has 0 aliphatic rings. The monoisotopic (exact) mass is 1890 g/mol. The highest BCUT2D eigenvalue weighted by atomic mass is 127. The third kappa shape index (κ3) is 26.3. The van der Waals surface area contributed by atoms with Crippen molar-refractivity contribution in [3.05, 3.63) is 380 Å². The number of ether oxygens (including phenoxy) is 3. The number of H-pyrrole nitrogens is 3. The number of hydrogen-bond acceptors (Lipinski definition) is 13. The average molecular weight is 1890 g/mol. The van der Waals surface area contributed by atoms with Gasteiger partial charge in [-0.05, 0) is 215 Å². The van der Waals surface area contributed by atoms with E-state index in [9.17, 15) is 43.5 Å². The molecule has 0 aliphatic carbocycles. The second-order valence-electron chi connectivity index (χ2n) is 30.2. The van der Waals surface area contributed by atoms with E-state index in [0.717, 1.165) is 98.2 Å². The number of amides is 1. The van der Waals surface area contributed by atoms with Gasteiger partial charge >= 0.3 is 23.9 Å². The molecule has 21 nitrogen and oxygen atoms in total. The standard InChI is InChI=1S/C26H27N3O2.C20H21NO2.C18H17NO2.C12H13NO2.C8H9Br.C8H12N2O.C6H6IN.C6H10O3/c1-16-14-17(2)28-25(30)22(16)15-27-26(31)24-19(4)29(23-13-9-8-12-21(23)24)18(3)20-10-6-5-7-11-20;1-4-23-20(22)19-15(3)21(18-13-9-8-12-17(18)19)14(2)16-10-6-5-7-11-16;1-12(14-8-4-3-5-9-14)19-13(2)17(18(20)21)15-10-6-7-11-16(15)19;1-3-15-12(14)11-8(2)13-10-7-5-4-6-9(10)11;1-7(9)8-5-3-2-4-6-8;1-5-3-6(2)10-8(11)7(5)4-9;7-5-3-1-2-4-6(5)8;1-3-9-6(8)4-5(2)7/h5-14,18H,15H2,1-4H3,(H,27,31)(H,28,30);5-14H,4H2,1-3H3;3-12H,1-2H3,(H,20,21);4-7,13H,3H2,1-2H3;2-7H,1H3;3H,4,9H2,1-2H3,(H,10,11);1-4H,8H2;3-4H2,1-2H3. The molecule has 4 unspecified atom stereocenters. The minimum absolute atomic E-state index is 0.0648. The molecule has 1 amide bonds. The van der Waals surface area contributed by atoms with Crippen LogP contribution in [0.2, 0.25) is 0 Å². The zero-order valence-corrected chi connectivity index (χ0v) is 78.7. The maximum Gasteiger partial charge on any atom is 0.340 e. The van der Waals surface area contributed by atoms with Crippen LogP contribution in [0.15, 0.2) is 264 Å². The summed E-state index contributed by atoms with van der Waals surface area (Å²) in [6.45, 7) is 32.1. The number of Topliss-reactive ketones (excluding diaryl/α,β-unsaturated/α-hetero) is 1. The zero-order chi connectivity index (χ0) is 92.7. The fourth-order valence-corrected chi connectivity index (χ4v) is 15.9. The number of aromatic nitrogens is 6. The van der Waals surface area contributed by atoms with Crippen LogP contribution in [-0.4, -0.2) is 89.1 Å². The van der Waals surface area contributed by atoms with Crippen molar-refractivity contribution in [3.8, 4) is 0 Å². The number of alkyl halides is 1. The number of hydrogen-bond donors (Lipinski definition) is 7. The Bertz CT molecular complexity index is 6330. The van der Waals surface area contributed by atoms with Crippen LogP contribution in [0.4, 0.5) is 5.69 Å². The summed E-state index contributed by atoms with van der Waals surface area (Å²) in [7, 11) is 0. The van der Waals surface area contributed by atoms with Gasteiger partial charge in [-0.3, -0.25) is 24.0 Å². The molecule has 0 fully saturated rings. The molecule has 127 heavy (non-hydrogen) atoms. The molecule has 0 bridgehead atoms. The number of carbonyl (C=O) groups excluding carboxylic acids is 5. The van der Waals surface area contributed by atoms with Gasteiger partial charge in [0, 0.05) is 116 Å². The third-order valence-electron chi connectivity index (χ3n) is 21.2. The average Bonchev–Trinajstić information content (AvgIpc) is 1.62. The Morgan fingerprint density at radius 3 is 1.18 bits per heavy atom. The van der Waals surface area contributed by atoms with E-state index in [1.807, 2.05) is 269 Å². The van der Waals surface area contributed by atoms with Crippen LogP contribution in [0.1, 0.15) is 205 Å². The Morgan fingerprint density at radius 2 is 0.803 bits per heavy atom. The summed E-state index contributed by atoms with van der Waals surface area (Å²) in [5.41, 5.74) is 31.1. The van der Waals surface area contributed by atoms with Crippen molar-refractivity contribution in [1.29, 1.82) is 0 Å². The maximum absolute atomic E-state index is 13.3. The SMILES string of the molecule is CC(Br)c1ccccc1.CCOC(=O)CC(C)=O.CCOC(=O)c1c(C)[nH]c2ccccc12.CCOC(=O)c1c(C)n(C(C)c2ccccc2)c2ccccc12.Cc1c(C(=O)O)c2ccccc2n1C(C)c1ccccc1.Cc1cc(C)c(CN)c(=O)[nH]1.Cc1cc(C)c(CNC(=O)c2c(C)n(C(C)c3ccccc3)c3ccccc23)c(=O)[nH]1.Nc1ccccc1I. The van der Waals surface area contributed by atoms with E-state index in [1.165, 1.54) is 29.2 Å². The normalized spacial score (nSPS) is 11.5. The molecular formula is C104H115BrIN9O12. The lowest BCUT2D eigenvalue weighted by Gasteiger charge is -2.18. The number of aryl methyl sites for hydroxylation is 5. The van der Waals surface area contributed by atoms with Gasteiger partial charge in [0.15, 0.2) is 0 Å². The van der Waals surface area contributed by atoms with E-state index in [4.69, 9.17) is 20.9 Å². The molecule has 0 aliphatic heterocycles. The first-order valence-corrected chi connectivity index (χ1v) is 44.1. The predicted molar refractivity (Wildman–Crippen MR) is 524 cm³/mol. The topological polar surface area (TPSA) is 311 Å². The van der Waals surface area contributed by atoms with Gasteiger partial charge in [-0.25, -0.2) is 14.4 Å². The molecule has 4 atom stereocenters. The van der Waals surface area contributed by atoms with Crippen molar-refractivity contribution >= 4 is 123 Å². The van der Waals surface area contributed by atoms with Crippen molar-refractivity contribution < 1.29 is 48.1 Å². The van der Waals surface area contributed by atoms with E-state index in [0.29, 0.717) is 64.6 Å². The molecule has 15 aromatic rings. The first-order chi connectivity index (χ1) is 60.8. The molecule has 6 heterocycles. The number of carbonyl (C=O) groups is 6. The van der Waals surface area contributed by atoms with Gasteiger partial charge in [0.25, 0.3) is 17.0 Å². The largest absolute Gasteiger partial charge is 0.478 e. The molecule has 9 N–H and O–H groups in total. The minimum Gasteiger partial charge on any atom is -0.478 e. The molecule has 9 aromatic carbocycles. The second-order valence-corrected chi connectivity index (χ2v) is 32.8. The van der Waals surface area contributed by atoms with Crippen molar-refractivity contribution in [1.82, 2.24) is 34.0 Å². The van der Waals surface area contributed by atoms with E-state index < -0.39 is 11.9 Å². The number of nitrogens with two attached hydrogens (primary N) is 2. The number of para-hydroxylation sites is 5. The van der Waals surface area contributed by atoms with E-state index in [1.54, 1.807) is 6.92 Å². The van der Waals surface area contributed by atoms with Gasteiger partial charge in [-0.1, -0.05) is 222 Å². The number of esters is 3. The Balaban J connectivity index is 0.000000188. The summed E-state index contributed by atoms with van der Waals surface area (Å²) < 4.78 is 22.4. The third-order valence-corrected chi connectivity index (χ3v) is 22.8. The molecule has 23 heteroatoms. The molecule has 0 saturated heterocycles. The summed E-state index contributed by atoms with van der Waals surface area (Å²) >= 11 is 5.68. The Kier molecular flexibility index (Phi) is 38.0. The van der Waals surface area contributed by atoms with Crippen molar-refractivity contribution in [2.45, 2.75) is 153 Å². The number of rotatable bonds is 19. The first kappa shape index (κ1) is 99.5. The molecule has 15 rings (SSSR count). The first-order valence-electron chi connectivity index (χ1n) is 42.1. The van der Waals surface area contributed by atoms with Gasteiger partial charge in [0.1, 0.15) is 12.2 Å². The van der Waals surface area contributed by atoms with Crippen LogP contribution in [0.5, 0.6) is 0 Å². The lowest BCUT2D eigenvalue weighted by atomic mass is 10.1. The Morgan fingerprint density at radius 1 is 0.449 bits per heavy atom. The summed E-state index contributed by atoms with van der Waals surface area (Å²) in [6, 6.07) is 84.4. The van der Waals surface area contributed by atoms with Gasteiger partial charge in [0.2, 0.25) is 0 Å². The maximum atomic E-state index is 13.3. The molecule has 662 valence electrons. The number of fused-ring (bicyclic) bond motifs is 4. The Labute approximate surface area is 764 Å². The fourth-order valence-electron chi connectivity index (χ4n) is 15.2. The summed E-state index contributed by atoms with van der Waals surface area (Å²) in [4.78, 5) is 102. The number of nitrogens with one attached hydrogen (secondary N) is 4. The molecular weight excluding hydrogens is 1770 g/mol. The van der Waals surface area contributed by atoms with Crippen molar-refractivity contribution in [3.63, 3.8) is 0 Å². The van der Waals surface area contributed by atoms with Crippen LogP contribution >= 0.6 is 38.5 Å². The van der Waals surface area contributed by atoms with E-state index in [-0.39, 0.29) is 65.8 Å². The number of ketones is 1. The van der Waals surface area contributed by atoms with Crippen molar-refractivity contribution in [2.75, 3.05) is 25.6 Å². The summed E-state index contributed by atoms with van der Waals surface area (Å²) in [5, 5.41) is 16.1. The molecule has 0 radical (unpaired) electrons. The zero-order valence-electron chi connectivity index (χ0n) is 75.0. The Hall–Kier alpha value is -13.0. The van der Waals surface area contributed by atoms with Crippen LogP contribution < -0.4 is 27.9 Å². The lowest BCUT2D eigenvalue weighted by Crippen LogP contribution is -2.28. The minimum atomic E-state index is -0.872. The van der Waals surface area contributed by atoms with Crippen LogP contribution in [0.3, 0.4) is 0 Å². The summed E-state index contributed by atoms with van der Waals surface area (Å²) in [5.74, 6) is -2.15. The quantitative estimate of drug-likeness (QED) is 0.00989. The number of nitrogen functional groups attached to an aromatic ring is 1. The highest BCUT2D eigenvalue weighted by molar-refractivity contribution is 14.1. The molecule has 0 spiro atoms. The number of aromatic amines is 3.